The van der Waals surface area contributed by atoms with E-state index in [4.69, 9.17) is 20.8 Å². The lowest BCUT2D eigenvalue weighted by Gasteiger charge is -2.35. The molecule has 0 amide bonds. The molecule has 1 aliphatic carbocycles. The van der Waals surface area contributed by atoms with E-state index in [1.165, 1.54) is 21.7 Å². The Balaban J connectivity index is 1.20. The van der Waals surface area contributed by atoms with E-state index < -0.39 is 8.32 Å². The Hall–Kier alpha value is -3.31. The first-order valence-electron chi connectivity index (χ1n) is 14.2. The Morgan fingerprint density at radius 3 is 2.74 bits per heavy atom. The highest BCUT2D eigenvalue weighted by Crippen LogP contribution is 2.45. The van der Waals surface area contributed by atoms with Gasteiger partial charge in [-0.2, -0.15) is 5.10 Å². The van der Waals surface area contributed by atoms with E-state index in [1.807, 2.05) is 36.4 Å². The lowest BCUT2D eigenvalue weighted by atomic mass is 9.95. The quantitative estimate of drug-likeness (QED) is 0.131. The first-order chi connectivity index (χ1) is 20.1. The molecule has 0 saturated heterocycles. The van der Waals surface area contributed by atoms with E-state index in [0.717, 1.165) is 46.8 Å². The highest BCUT2D eigenvalue weighted by atomic mass is 35.5. The smallest absolute Gasteiger partial charge is 0.204 e. The van der Waals surface area contributed by atoms with Crippen molar-refractivity contribution in [2.24, 2.45) is 0 Å². The van der Waals surface area contributed by atoms with E-state index in [1.54, 1.807) is 23.9 Å². The predicted octanol–water partition coefficient (Wildman–Crippen LogP) is 7.47. The number of aryl methyl sites for hydroxylation is 2. The summed E-state index contributed by atoms with van der Waals surface area (Å²) in [5.41, 5.74) is 5.47. The molecule has 1 aliphatic rings. The molecule has 42 heavy (non-hydrogen) atoms. The molecule has 0 atom stereocenters. The number of anilines is 2. The van der Waals surface area contributed by atoms with Gasteiger partial charge in [-0.1, -0.05) is 38.4 Å². The monoisotopic (exact) mass is 619 g/mol. The van der Waals surface area contributed by atoms with Crippen LogP contribution >= 0.6 is 22.9 Å². The number of halogens is 1. The highest BCUT2D eigenvalue weighted by Gasteiger charge is 2.37. The number of aromatic nitrogens is 5. The van der Waals surface area contributed by atoms with Crippen LogP contribution in [0, 0.1) is 0 Å². The van der Waals surface area contributed by atoms with Gasteiger partial charge >= 0.3 is 0 Å². The topological polar surface area (TPSA) is 88.8 Å². The van der Waals surface area contributed by atoms with Crippen LogP contribution in [0.5, 0.6) is 5.75 Å². The number of pyridine rings is 1. The van der Waals surface area contributed by atoms with Gasteiger partial charge in [-0.25, -0.2) is 9.97 Å². The van der Waals surface area contributed by atoms with E-state index >= 15 is 0 Å². The number of aromatic amines is 1. The fraction of sp³-hybridized carbons (Fsp3) is 0.355. The molecule has 0 fully saturated rings. The van der Waals surface area contributed by atoms with Gasteiger partial charge in [-0.05, 0) is 66.9 Å². The van der Waals surface area contributed by atoms with Crippen molar-refractivity contribution in [3.63, 3.8) is 0 Å². The highest BCUT2D eigenvalue weighted by molar-refractivity contribution is 7.22. The molecule has 5 aromatic rings. The summed E-state index contributed by atoms with van der Waals surface area (Å²) in [4.78, 5) is 15.8. The Labute approximate surface area is 256 Å². The molecule has 0 unspecified atom stereocenters. The van der Waals surface area contributed by atoms with Gasteiger partial charge in [0.25, 0.3) is 0 Å². The average Bonchev–Trinajstić information content (AvgIpc) is 3.54. The largest absolute Gasteiger partial charge is 0.486 e. The first-order valence-corrected chi connectivity index (χ1v) is 18.3. The number of benzene rings is 1. The molecule has 2 N–H and O–H groups in total. The molecule has 4 aromatic heterocycles. The van der Waals surface area contributed by atoms with Crippen LogP contribution in [0.15, 0.2) is 55.1 Å². The minimum Gasteiger partial charge on any atom is -0.486 e. The van der Waals surface area contributed by atoms with Crippen LogP contribution in [0.25, 0.3) is 20.7 Å². The number of hydrogen-bond donors (Lipinski definition) is 2. The van der Waals surface area contributed by atoms with Crippen molar-refractivity contribution in [1.82, 2.24) is 20.1 Å². The normalized spacial score (nSPS) is 13.2. The Morgan fingerprint density at radius 2 is 1.98 bits per heavy atom. The van der Waals surface area contributed by atoms with Gasteiger partial charge < -0.3 is 14.5 Å². The fourth-order valence-electron chi connectivity index (χ4n) is 4.88. The maximum absolute atomic E-state index is 6.59. The summed E-state index contributed by atoms with van der Waals surface area (Å²) in [5, 5.41) is 8.89. The van der Waals surface area contributed by atoms with Crippen LogP contribution in [0.1, 0.15) is 37.7 Å². The third kappa shape index (κ3) is 5.81. The van der Waals surface area contributed by atoms with Crippen molar-refractivity contribution < 1.29 is 13.8 Å². The van der Waals surface area contributed by atoms with Gasteiger partial charge in [0.05, 0.1) is 34.0 Å². The van der Waals surface area contributed by atoms with E-state index in [0.29, 0.717) is 24.0 Å². The second kappa shape index (κ2) is 11.4. The van der Waals surface area contributed by atoms with Crippen LogP contribution in [0.3, 0.4) is 0 Å². The summed E-state index contributed by atoms with van der Waals surface area (Å²) in [6, 6.07) is 11.4. The zero-order valence-corrected chi connectivity index (χ0v) is 27.2. The zero-order chi connectivity index (χ0) is 29.5. The molecule has 0 aliphatic heterocycles. The van der Waals surface area contributed by atoms with Crippen LogP contribution in [0.2, 0.25) is 23.2 Å². The summed E-state index contributed by atoms with van der Waals surface area (Å²) in [5.74, 6) is 1.39. The summed E-state index contributed by atoms with van der Waals surface area (Å²) < 4.78 is 14.5. The minimum absolute atomic E-state index is 0.201. The Bertz CT molecular complexity index is 1730. The SMILES string of the molecule is CC(C)(C)[Si](C)(C)OCC[n+]1cc2c([nH]1)CCc1c-2sc2ncnc(Nc3ccc(OCc4ccccn4)c(Cl)c3)c12. The van der Waals surface area contributed by atoms with Crippen molar-refractivity contribution in [3.05, 3.63) is 77.1 Å². The van der Waals surface area contributed by atoms with E-state index in [-0.39, 0.29) is 5.04 Å². The molecule has 8 nitrogen and oxygen atoms in total. The number of fused-ring (bicyclic) bond motifs is 5. The van der Waals surface area contributed by atoms with Crippen LogP contribution in [-0.4, -0.2) is 35.0 Å². The third-order valence-electron chi connectivity index (χ3n) is 8.24. The van der Waals surface area contributed by atoms with Gasteiger partial charge in [-0.15, -0.1) is 16.0 Å². The van der Waals surface area contributed by atoms with Crippen LogP contribution in [-0.2, 0) is 30.4 Å². The van der Waals surface area contributed by atoms with Gasteiger partial charge in [0.2, 0.25) is 6.20 Å². The number of thiophene rings is 1. The third-order valence-corrected chi connectivity index (χ3v) is 14.2. The molecule has 1 aromatic carbocycles. The number of H-pyrrole nitrogens is 1. The number of nitrogens with zero attached hydrogens (tertiary/aromatic N) is 4. The lowest BCUT2D eigenvalue weighted by molar-refractivity contribution is -0.750. The number of nitrogens with one attached hydrogen (secondary N) is 2. The number of ether oxygens (including phenoxy) is 1. The fourth-order valence-corrected chi connectivity index (χ4v) is 7.38. The summed E-state index contributed by atoms with van der Waals surface area (Å²) in [7, 11) is -1.78. The molecule has 0 radical (unpaired) electrons. The van der Waals surface area contributed by atoms with Crippen molar-refractivity contribution in [1.29, 1.82) is 0 Å². The number of hydrogen-bond acceptors (Lipinski definition) is 7. The van der Waals surface area contributed by atoms with Gasteiger partial charge in [-0.3, -0.25) is 4.98 Å². The zero-order valence-electron chi connectivity index (χ0n) is 24.6. The number of rotatable bonds is 9. The van der Waals surface area contributed by atoms with Crippen LogP contribution in [0.4, 0.5) is 11.5 Å². The van der Waals surface area contributed by atoms with Crippen molar-refractivity contribution in [2.75, 3.05) is 11.9 Å². The van der Waals surface area contributed by atoms with Gasteiger partial charge in [0.1, 0.15) is 29.3 Å². The predicted molar refractivity (Wildman–Crippen MR) is 171 cm³/mol. The first kappa shape index (κ1) is 28.8. The average molecular weight is 620 g/mol. The Morgan fingerprint density at radius 1 is 1.12 bits per heavy atom. The standard InChI is InChI=1S/C31H35ClN6O2SSi/c1-31(2,3)42(4,5)40-15-14-38-17-23-25(37-38)11-10-22-27-29(34-19-35-30(27)41-28(22)23)36-20-9-12-26(24(32)16-20)39-18-21-8-6-7-13-33-21/h6-9,12-13,16-17,19H,10-11,14-15,18H2,1-5H3,(H,34,35,36)/p+1. The summed E-state index contributed by atoms with van der Waals surface area (Å²) in [6.07, 6.45) is 7.45. The molecule has 0 bridgehead atoms. The van der Waals surface area contributed by atoms with Crippen LogP contribution < -0.4 is 14.7 Å². The molecular weight excluding hydrogens is 584 g/mol. The molecule has 4 heterocycles. The molecule has 11 heteroatoms. The van der Waals surface area contributed by atoms with Crippen molar-refractivity contribution in [2.45, 2.75) is 64.9 Å². The molecule has 0 spiro atoms. The van der Waals surface area contributed by atoms with Gasteiger partial charge in [0, 0.05) is 16.8 Å². The maximum Gasteiger partial charge on any atom is 0.204 e. The second-order valence-electron chi connectivity index (χ2n) is 12.1. The Kier molecular flexibility index (Phi) is 7.82. The molecular formula is C31H36ClN6O2SSi+. The summed E-state index contributed by atoms with van der Waals surface area (Å²) in [6.45, 7) is 13.3. The van der Waals surface area contributed by atoms with E-state index in [9.17, 15) is 0 Å². The summed E-state index contributed by atoms with van der Waals surface area (Å²) >= 11 is 8.31. The maximum atomic E-state index is 6.59. The van der Waals surface area contributed by atoms with Crippen molar-refractivity contribution in [3.8, 4) is 16.2 Å². The van der Waals surface area contributed by atoms with Crippen molar-refractivity contribution >= 4 is 53.0 Å². The second-order valence-corrected chi connectivity index (χ2v) is 18.3. The lowest BCUT2D eigenvalue weighted by Crippen LogP contribution is -2.45. The molecule has 6 rings (SSSR count). The van der Waals surface area contributed by atoms with Gasteiger partial charge in [0.15, 0.2) is 14.9 Å². The minimum atomic E-state index is -1.78. The molecule has 218 valence electrons. The van der Waals surface area contributed by atoms with E-state index in [2.05, 4.69) is 70.1 Å². The molecule has 0 saturated carbocycles.